The van der Waals surface area contributed by atoms with Gasteiger partial charge in [0.05, 0.1) is 24.0 Å². The summed E-state index contributed by atoms with van der Waals surface area (Å²) in [6.45, 7) is 7.69. The molecule has 0 bridgehead atoms. The number of anilines is 1. The highest BCUT2D eigenvalue weighted by Crippen LogP contribution is 2.28. The fraction of sp³-hybridized carbons (Fsp3) is 0.440. The van der Waals surface area contributed by atoms with Crippen LogP contribution in [0.15, 0.2) is 42.9 Å². The van der Waals surface area contributed by atoms with Crippen molar-refractivity contribution in [1.29, 1.82) is 0 Å². The van der Waals surface area contributed by atoms with Crippen LogP contribution >= 0.6 is 0 Å². The topological polar surface area (TPSA) is 113 Å². The number of nitrogens with zero attached hydrogens (tertiary/aromatic N) is 4. The number of likely N-dealkylation sites (tertiary alicyclic amines) is 2. The Morgan fingerprint density at radius 1 is 1.09 bits per heavy atom. The molecule has 1 unspecified atom stereocenters. The first-order chi connectivity index (χ1) is 16.8. The first-order valence-electron chi connectivity index (χ1n) is 11.8. The maximum Gasteiger partial charge on any atom is 0.410 e. The molecule has 2 aromatic heterocycles. The van der Waals surface area contributed by atoms with Gasteiger partial charge in [0.15, 0.2) is 0 Å². The van der Waals surface area contributed by atoms with E-state index in [1.54, 1.807) is 16.0 Å². The van der Waals surface area contributed by atoms with Crippen LogP contribution in [-0.2, 0) is 4.74 Å². The molecule has 2 aliphatic heterocycles. The number of H-pyrrole nitrogens is 1. The number of hydrogen-bond donors (Lipinski definition) is 2. The van der Waals surface area contributed by atoms with Crippen molar-refractivity contribution in [3.63, 3.8) is 0 Å². The van der Waals surface area contributed by atoms with E-state index in [0.29, 0.717) is 48.6 Å². The molecule has 3 aromatic rings. The van der Waals surface area contributed by atoms with E-state index in [4.69, 9.17) is 9.47 Å². The van der Waals surface area contributed by atoms with Gasteiger partial charge in [-0.25, -0.2) is 14.8 Å². The zero-order valence-electron chi connectivity index (χ0n) is 20.2. The van der Waals surface area contributed by atoms with Crippen molar-refractivity contribution in [3.8, 4) is 5.75 Å². The van der Waals surface area contributed by atoms with E-state index in [9.17, 15) is 9.59 Å². The molecule has 0 spiro atoms. The van der Waals surface area contributed by atoms with Crippen LogP contribution < -0.4 is 10.1 Å². The summed E-state index contributed by atoms with van der Waals surface area (Å²) in [7, 11) is 0. The van der Waals surface area contributed by atoms with Crippen LogP contribution in [0.5, 0.6) is 5.75 Å². The first-order valence-corrected chi connectivity index (χ1v) is 11.8. The number of carbonyl (C=O) groups excluding carboxylic acids is 2. The minimum absolute atomic E-state index is 0.00821. The number of carbonyl (C=O) groups is 2. The zero-order valence-corrected chi connectivity index (χ0v) is 20.2. The van der Waals surface area contributed by atoms with Gasteiger partial charge in [0, 0.05) is 25.3 Å². The monoisotopic (exact) mass is 478 g/mol. The molecule has 2 N–H and O–H groups in total. The van der Waals surface area contributed by atoms with Crippen molar-refractivity contribution in [2.75, 3.05) is 31.5 Å². The van der Waals surface area contributed by atoms with Crippen LogP contribution in [0.3, 0.4) is 0 Å². The molecular weight excluding hydrogens is 448 g/mol. The van der Waals surface area contributed by atoms with Crippen LogP contribution in [0.4, 0.5) is 10.6 Å². The van der Waals surface area contributed by atoms with E-state index >= 15 is 0 Å². The Labute approximate surface area is 203 Å². The molecule has 10 heteroatoms. The molecule has 2 aliphatic rings. The number of hydrogen-bond acceptors (Lipinski definition) is 7. The lowest BCUT2D eigenvalue weighted by Gasteiger charge is -2.38. The number of nitrogens with one attached hydrogen (secondary N) is 2. The third-order valence-electron chi connectivity index (χ3n) is 6.06. The third kappa shape index (κ3) is 5.01. The lowest BCUT2D eigenvalue weighted by molar-refractivity contribution is 0.0179. The van der Waals surface area contributed by atoms with Gasteiger partial charge in [-0.15, -0.1) is 0 Å². The number of benzene rings is 1. The summed E-state index contributed by atoms with van der Waals surface area (Å²) in [5.41, 5.74) is 0.567. The van der Waals surface area contributed by atoms with Crippen LogP contribution in [0.25, 0.3) is 11.0 Å². The largest absolute Gasteiger partial charge is 0.487 e. The standard InChI is InChI=1S/C25H30N6O4/c1-25(2,3)35-24(33)30-10-9-16(12-30)29-22-20-19(11-26-21(20)27-15-28-22)23(32)31-13-18(14-31)34-17-7-5-4-6-8-17/h4-8,11,15-16,18H,9-10,12-14H2,1-3H3,(H2,26,27,28,29). The molecule has 10 nitrogen and oxygen atoms in total. The van der Waals surface area contributed by atoms with Crippen molar-refractivity contribution in [2.45, 2.75) is 44.9 Å². The minimum Gasteiger partial charge on any atom is -0.487 e. The highest BCUT2D eigenvalue weighted by Gasteiger charge is 2.35. The Hall–Kier alpha value is -3.82. The summed E-state index contributed by atoms with van der Waals surface area (Å²) in [4.78, 5) is 40.9. The van der Waals surface area contributed by atoms with E-state index in [0.717, 1.165) is 12.2 Å². The Bertz CT molecular complexity index is 1220. The fourth-order valence-electron chi connectivity index (χ4n) is 4.35. The Balaban J connectivity index is 1.25. The number of rotatable bonds is 5. The van der Waals surface area contributed by atoms with Crippen LogP contribution in [0.2, 0.25) is 0 Å². The summed E-state index contributed by atoms with van der Waals surface area (Å²) in [5.74, 6) is 1.28. The van der Waals surface area contributed by atoms with Gasteiger partial charge < -0.3 is 29.6 Å². The number of fused-ring (bicyclic) bond motifs is 1. The summed E-state index contributed by atoms with van der Waals surface area (Å²) in [6.07, 6.45) is 3.54. The second kappa shape index (κ2) is 9.09. The lowest BCUT2D eigenvalue weighted by atomic mass is 10.1. The summed E-state index contributed by atoms with van der Waals surface area (Å²) >= 11 is 0. The normalized spacial score (nSPS) is 18.4. The smallest absolute Gasteiger partial charge is 0.410 e. The van der Waals surface area contributed by atoms with Gasteiger partial charge in [0.1, 0.15) is 35.2 Å². The predicted octanol–water partition coefficient (Wildman–Crippen LogP) is 3.28. The van der Waals surface area contributed by atoms with Gasteiger partial charge in [0.25, 0.3) is 5.91 Å². The molecule has 0 radical (unpaired) electrons. The number of aromatic nitrogens is 3. The highest BCUT2D eigenvalue weighted by molar-refractivity contribution is 6.09. The summed E-state index contributed by atoms with van der Waals surface area (Å²) < 4.78 is 11.4. The maximum atomic E-state index is 13.3. The van der Waals surface area contributed by atoms with Crippen LogP contribution in [0, 0.1) is 0 Å². The number of aromatic amines is 1. The molecule has 1 atom stereocenters. The van der Waals surface area contributed by atoms with Gasteiger partial charge in [0.2, 0.25) is 0 Å². The number of para-hydroxylation sites is 1. The molecule has 5 rings (SSSR count). The van der Waals surface area contributed by atoms with E-state index in [1.807, 2.05) is 51.1 Å². The number of ether oxygens (including phenoxy) is 2. The molecule has 184 valence electrons. The SMILES string of the molecule is CC(C)(C)OC(=O)N1CCC(Nc2ncnc3[nH]cc(C(=O)N4CC(Oc5ccccc5)C4)c23)C1. The molecule has 2 saturated heterocycles. The second-order valence-corrected chi connectivity index (χ2v) is 9.97. The van der Waals surface area contributed by atoms with Crippen LogP contribution in [0.1, 0.15) is 37.6 Å². The molecule has 1 aromatic carbocycles. The number of amides is 2. The summed E-state index contributed by atoms with van der Waals surface area (Å²) in [6, 6.07) is 9.60. The van der Waals surface area contributed by atoms with Gasteiger partial charge in [-0.1, -0.05) is 18.2 Å². The quantitative estimate of drug-likeness (QED) is 0.579. The average Bonchev–Trinajstić information content (AvgIpc) is 3.43. The molecule has 0 aliphatic carbocycles. The molecule has 35 heavy (non-hydrogen) atoms. The van der Waals surface area contributed by atoms with Crippen molar-refractivity contribution < 1.29 is 19.1 Å². The van der Waals surface area contributed by atoms with Gasteiger partial charge in [-0.05, 0) is 39.3 Å². The molecule has 0 saturated carbocycles. The zero-order chi connectivity index (χ0) is 24.6. The summed E-state index contributed by atoms with van der Waals surface area (Å²) in [5, 5.41) is 4.07. The van der Waals surface area contributed by atoms with E-state index in [-0.39, 0.29) is 24.1 Å². The molecule has 4 heterocycles. The first kappa shape index (κ1) is 22.9. The van der Waals surface area contributed by atoms with E-state index in [2.05, 4.69) is 20.3 Å². The highest BCUT2D eigenvalue weighted by atomic mass is 16.6. The Morgan fingerprint density at radius 2 is 1.86 bits per heavy atom. The second-order valence-electron chi connectivity index (χ2n) is 9.97. The Morgan fingerprint density at radius 3 is 2.60 bits per heavy atom. The fourth-order valence-corrected chi connectivity index (χ4v) is 4.35. The van der Waals surface area contributed by atoms with Crippen molar-refractivity contribution in [1.82, 2.24) is 24.8 Å². The van der Waals surface area contributed by atoms with Crippen LogP contribution in [-0.4, -0.2) is 80.7 Å². The van der Waals surface area contributed by atoms with E-state index in [1.165, 1.54) is 6.33 Å². The van der Waals surface area contributed by atoms with Gasteiger partial charge in [-0.2, -0.15) is 0 Å². The van der Waals surface area contributed by atoms with E-state index < -0.39 is 5.60 Å². The van der Waals surface area contributed by atoms with Gasteiger partial charge in [-0.3, -0.25) is 4.79 Å². The lowest BCUT2D eigenvalue weighted by Crippen LogP contribution is -2.56. The molecule has 2 fully saturated rings. The minimum atomic E-state index is -0.538. The average molecular weight is 479 g/mol. The molecular formula is C25H30N6O4. The van der Waals surface area contributed by atoms with Crippen molar-refractivity contribution >= 4 is 28.9 Å². The van der Waals surface area contributed by atoms with Gasteiger partial charge >= 0.3 is 6.09 Å². The molecule has 2 amide bonds. The Kier molecular flexibility index (Phi) is 5.96. The predicted molar refractivity (Wildman–Crippen MR) is 130 cm³/mol. The maximum absolute atomic E-state index is 13.3. The van der Waals surface area contributed by atoms with Crippen molar-refractivity contribution in [3.05, 3.63) is 48.4 Å². The van der Waals surface area contributed by atoms with Crippen molar-refractivity contribution in [2.24, 2.45) is 0 Å². The third-order valence-corrected chi connectivity index (χ3v) is 6.06.